The minimum absolute atomic E-state index is 0.109. The van der Waals surface area contributed by atoms with E-state index in [4.69, 9.17) is 9.72 Å². The van der Waals surface area contributed by atoms with Gasteiger partial charge in [0.15, 0.2) is 0 Å². The summed E-state index contributed by atoms with van der Waals surface area (Å²) in [6, 6.07) is 8.33. The molecule has 0 unspecified atom stereocenters. The number of aryl methyl sites for hydroxylation is 1. The molecule has 5 rings (SSSR count). The topological polar surface area (TPSA) is 97.8 Å². The Morgan fingerprint density at radius 1 is 1.22 bits per heavy atom. The molecule has 0 aliphatic carbocycles. The van der Waals surface area contributed by atoms with Crippen molar-refractivity contribution in [1.82, 2.24) is 25.0 Å². The van der Waals surface area contributed by atoms with Gasteiger partial charge in [-0.1, -0.05) is 6.92 Å². The van der Waals surface area contributed by atoms with Crippen LogP contribution in [0.3, 0.4) is 0 Å². The lowest BCUT2D eigenvalue weighted by Crippen LogP contribution is -2.54. The molecule has 196 valence electrons. The van der Waals surface area contributed by atoms with Gasteiger partial charge in [-0.2, -0.15) is 5.10 Å². The molecule has 2 N–H and O–H groups in total. The molecule has 0 atom stereocenters. The average Bonchev–Trinajstić information content (AvgIpc) is 3.53. The van der Waals surface area contributed by atoms with E-state index >= 15 is 0 Å². The fraction of sp³-hybridized carbons (Fsp3) is 0.444. The zero-order chi connectivity index (χ0) is 26.0. The number of aromatic nitrogens is 3. The third-order valence-corrected chi connectivity index (χ3v) is 7.58. The summed E-state index contributed by atoms with van der Waals surface area (Å²) in [4.78, 5) is 24.7. The second-order valence-corrected chi connectivity index (χ2v) is 9.75. The zero-order valence-corrected chi connectivity index (χ0v) is 21.3. The number of hydrogen-bond donors (Lipinski definition) is 2. The van der Waals surface area contributed by atoms with E-state index in [2.05, 4.69) is 15.1 Å². The Bertz CT molecular complexity index is 1240. The molecule has 3 aromatic rings. The molecule has 2 aromatic heterocycles. The predicted molar refractivity (Wildman–Crippen MR) is 138 cm³/mol. The molecule has 10 heteroatoms. The highest BCUT2D eigenvalue weighted by Gasteiger charge is 2.51. The number of ether oxygens (including phenoxy) is 1. The number of β-amino-alcohol motifs (C(OH)–C–C–N with tert-alkyl or cyclic N) is 1. The van der Waals surface area contributed by atoms with E-state index in [0.717, 1.165) is 42.8 Å². The second kappa shape index (κ2) is 10.5. The molecule has 0 radical (unpaired) electrons. The monoisotopic (exact) mass is 508 g/mol. The minimum atomic E-state index is -0.417. The van der Waals surface area contributed by atoms with E-state index < -0.39 is 11.4 Å². The van der Waals surface area contributed by atoms with Crippen LogP contribution in [0.2, 0.25) is 0 Å². The van der Waals surface area contributed by atoms with Gasteiger partial charge in [0.25, 0.3) is 0 Å². The summed E-state index contributed by atoms with van der Waals surface area (Å²) in [6.07, 6.45) is 5.83. The van der Waals surface area contributed by atoms with Gasteiger partial charge in [-0.3, -0.25) is 10.00 Å². The van der Waals surface area contributed by atoms with Crippen LogP contribution in [0.25, 0.3) is 11.1 Å². The number of aliphatic hydroxyl groups is 1. The van der Waals surface area contributed by atoms with Gasteiger partial charge in [-0.05, 0) is 49.1 Å². The number of halogens is 1. The third kappa shape index (κ3) is 4.91. The first kappa shape index (κ1) is 25.2. The molecule has 9 nitrogen and oxygen atoms in total. The quantitative estimate of drug-likeness (QED) is 0.484. The lowest BCUT2D eigenvalue weighted by molar-refractivity contribution is 0.0640. The molecule has 2 fully saturated rings. The number of nitrogens with one attached hydrogen (secondary N) is 1. The number of benzene rings is 1. The number of anilines is 1. The molecule has 0 saturated carbocycles. The summed E-state index contributed by atoms with van der Waals surface area (Å²) in [6.45, 7) is 5.10. The Labute approximate surface area is 215 Å². The van der Waals surface area contributed by atoms with Crippen LogP contribution in [0.4, 0.5) is 15.0 Å². The maximum absolute atomic E-state index is 14.3. The van der Waals surface area contributed by atoms with Crippen molar-refractivity contribution >= 4 is 11.8 Å². The van der Waals surface area contributed by atoms with E-state index in [-0.39, 0.29) is 19.2 Å². The highest BCUT2D eigenvalue weighted by atomic mass is 19.1. The van der Waals surface area contributed by atoms with Crippen LogP contribution in [0.1, 0.15) is 31.0 Å². The molecule has 0 bridgehead atoms. The first-order chi connectivity index (χ1) is 18.0. The number of piperidine rings is 1. The van der Waals surface area contributed by atoms with Gasteiger partial charge in [0.1, 0.15) is 17.4 Å². The van der Waals surface area contributed by atoms with Crippen molar-refractivity contribution < 1.29 is 19.0 Å². The summed E-state index contributed by atoms with van der Waals surface area (Å²) < 4.78 is 19.6. The number of aliphatic hydroxyl groups excluding tert-OH is 1. The van der Waals surface area contributed by atoms with Crippen LogP contribution < -0.4 is 9.64 Å². The number of likely N-dealkylation sites (tertiary alicyclic amines) is 1. The van der Waals surface area contributed by atoms with Crippen molar-refractivity contribution in [3.8, 4) is 16.9 Å². The first-order valence-corrected chi connectivity index (χ1v) is 12.7. The SMILES string of the molecule is CCc1nc(N2CC3(CCN(CCO)CC3)N(Cc3cc(F)cc(OC)c3)C2=O)ccc1-c1cn[nH]c1. The molecular weight excluding hydrogens is 475 g/mol. The molecule has 1 aromatic carbocycles. The van der Waals surface area contributed by atoms with Gasteiger partial charge in [0.05, 0.1) is 37.7 Å². The van der Waals surface area contributed by atoms with Crippen LogP contribution in [0.15, 0.2) is 42.7 Å². The Morgan fingerprint density at radius 2 is 2.03 bits per heavy atom. The number of urea groups is 1. The molecule has 2 aliphatic heterocycles. The molecule has 1 spiro atoms. The molecule has 4 heterocycles. The number of carbonyl (C=O) groups excluding carboxylic acids is 1. The standard InChI is InChI=1S/C27H33FN6O3/c1-3-24-23(20-15-29-30-16-20)4-5-25(31-24)33-18-27(6-8-32(9-7-27)10-11-35)34(26(33)36)17-19-12-21(28)14-22(13-19)37-2/h4-5,12-16,35H,3,6-11,17-18H2,1-2H3,(H,29,30). The Hall–Kier alpha value is -3.50. The van der Waals surface area contributed by atoms with Gasteiger partial charge in [-0.15, -0.1) is 0 Å². The normalized spacial score (nSPS) is 17.7. The van der Waals surface area contributed by atoms with E-state index in [1.165, 1.54) is 19.2 Å². The van der Waals surface area contributed by atoms with Crippen molar-refractivity contribution in [3.05, 3.63) is 59.8 Å². The Balaban J connectivity index is 1.48. The van der Waals surface area contributed by atoms with E-state index in [1.54, 1.807) is 17.2 Å². The summed E-state index contributed by atoms with van der Waals surface area (Å²) in [5.41, 5.74) is 3.11. The van der Waals surface area contributed by atoms with Crippen LogP contribution in [0.5, 0.6) is 5.75 Å². The number of hydrogen-bond acceptors (Lipinski definition) is 6. The number of H-pyrrole nitrogens is 1. The number of methoxy groups -OCH3 is 1. The van der Waals surface area contributed by atoms with Crippen molar-refractivity contribution in [2.24, 2.45) is 0 Å². The molecule has 37 heavy (non-hydrogen) atoms. The van der Waals surface area contributed by atoms with Crippen molar-refractivity contribution in [2.45, 2.75) is 38.3 Å². The van der Waals surface area contributed by atoms with E-state index in [1.807, 2.05) is 30.2 Å². The maximum atomic E-state index is 14.3. The predicted octanol–water partition coefficient (Wildman–Crippen LogP) is 3.45. The van der Waals surface area contributed by atoms with Crippen molar-refractivity contribution in [3.63, 3.8) is 0 Å². The summed E-state index contributed by atoms with van der Waals surface area (Å²) in [5.74, 6) is 0.647. The largest absolute Gasteiger partial charge is 0.497 e. The smallest absolute Gasteiger partial charge is 0.326 e. The van der Waals surface area contributed by atoms with Crippen LogP contribution >= 0.6 is 0 Å². The maximum Gasteiger partial charge on any atom is 0.326 e. The van der Waals surface area contributed by atoms with Crippen LogP contribution in [-0.4, -0.2) is 81.6 Å². The summed E-state index contributed by atoms with van der Waals surface area (Å²) >= 11 is 0. The first-order valence-electron chi connectivity index (χ1n) is 12.7. The van der Waals surface area contributed by atoms with Gasteiger partial charge in [-0.25, -0.2) is 14.2 Å². The summed E-state index contributed by atoms with van der Waals surface area (Å²) in [7, 11) is 1.50. The number of amides is 2. The van der Waals surface area contributed by atoms with Crippen molar-refractivity contribution in [1.29, 1.82) is 0 Å². The van der Waals surface area contributed by atoms with Gasteiger partial charge in [0, 0.05) is 49.6 Å². The average molecular weight is 509 g/mol. The lowest BCUT2D eigenvalue weighted by atomic mass is 9.86. The number of carbonyl (C=O) groups is 1. The second-order valence-electron chi connectivity index (χ2n) is 9.75. The van der Waals surface area contributed by atoms with E-state index in [0.29, 0.717) is 36.6 Å². The number of nitrogens with zero attached hydrogens (tertiary/aromatic N) is 5. The van der Waals surface area contributed by atoms with Gasteiger partial charge in [0.2, 0.25) is 0 Å². The minimum Gasteiger partial charge on any atom is -0.497 e. The Kier molecular flexibility index (Phi) is 7.12. The van der Waals surface area contributed by atoms with Gasteiger partial charge < -0.3 is 19.6 Å². The van der Waals surface area contributed by atoms with Crippen molar-refractivity contribution in [2.75, 3.05) is 44.8 Å². The number of aromatic amines is 1. The Morgan fingerprint density at radius 3 is 2.70 bits per heavy atom. The highest BCUT2D eigenvalue weighted by molar-refractivity contribution is 5.94. The van der Waals surface area contributed by atoms with Crippen LogP contribution in [0, 0.1) is 5.82 Å². The molecule has 2 amide bonds. The van der Waals surface area contributed by atoms with Crippen LogP contribution in [-0.2, 0) is 13.0 Å². The highest BCUT2D eigenvalue weighted by Crippen LogP contribution is 2.40. The molecule has 2 saturated heterocycles. The third-order valence-electron chi connectivity index (χ3n) is 7.58. The molecule has 2 aliphatic rings. The number of rotatable bonds is 8. The number of pyridine rings is 1. The van der Waals surface area contributed by atoms with Gasteiger partial charge >= 0.3 is 6.03 Å². The lowest BCUT2D eigenvalue weighted by Gasteiger charge is -2.43. The molecular formula is C27H33FN6O3. The fourth-order valence-electron chi connectivity index (χ4n) is 5.56. The summed E-state index contributed by atoms with van der Waals surface area (Å²) in [5, 5.41) is 16.3. The zero-order valence-electron chi connectivity index (χ0n) is 21.3. The van der Waals surface area contributed by atoms with E-state index in [9.17, 15) is 14.3 Å². The fourth-order valence-corrected chi connectivity index (χ4v) is 5.56.